The summed E-state index contributed by atoms with van der Waals surface area (Å²) in [5.74, 6) is 1.68. The zero-order valence-electron chi connectivity index (χ0n) is 16.8. The van der Waals surface area contributed by atoms with Crippen LogP contribution >= 0.6 is 0 Å². The first kappa shape index (κ1) is 18.8. The lowest BCUT2D eigenvalue weighted by molar-refractivity contribution is 0.200. The monoisotopic (exact) mass is 375 g/mol. The van der Waals surface area contributed by atoms with Crippen LogP contribution in [-0.4, -0.2) is 13.2 Å². The van der Waals surface area contributed by atoms with Crippen LogP contribution in [0, 0.1) is 0 Å². The van der Waals surface area contributed by atoms with E-state index in [2.05, 4.69) is 66.8 Å². The van der Waals surface area contributed by atoms with Gasteiger partial charge in [0.25, 0.3) is 0 Å². The maximum absolute atomic E-state index is 6.23. The molecule has 1 aliphatic carbocycles. The van der Waals surface area contributed by atoms with E-state index in [1.54, 1.807) is 7.11 Å². The molecule has 0 radical (unpaired) electrons. The minimum absolute atomic E-state index is 0.257. The Bertz CT molecular complexity index is 925. The highest BCUT2D eigenvalue weighted by atomic mass is 16.5. The highest BCUT2D eigenvalue weighted by Gasteiger charge is 2.19. The van der Waals surface area contributed by atoms with E-state index in [-0.39, 0.29) is 6.04 Å². The van der Waals surface area contributed by atoms with Crippen molar-refractivity contribution in [2.45, 2.75) is 51.3 Å². The number of ether oxygens (including phenoxy) is 2. The second kappa shape index (κ2) is 8.66. The fraction of sp³-hybridized carbons (Fsp3) is 0.360. The number of benzene rings is 3. The van der Waals surface area contributed by atoms with Crippen molar-refractivity contribution >= 4 is 10.8 Å². The van der Waals surface area contributed by atoms with Gasteiger partial charge in [-0.2, -0.15) is 0 Å². The lowest BCUT2D eigenvalue weighted by atomic mass is 9.99. The van der Waals surface area contributed by atoms with E-state index < -0.39 is 0 Å². The molecule has 0 bridgehead atoms. The molecule has 0 aromatic heterocycles. The van der Waals surface area contributed by atoms with Crippen molar-refractivity contribution in [2.24, 2.45) is 0 Å². The molecule has 0 heterocycles. The Labute approximate surface area is 167 Å². The Morgan fingerprint density at radius 3 is 2.57 bits per heavy atom. The minimum atomic E-state index is 0.257. The maximum Gasteiger partial charge on any atom is 0.161 e. The van der Waals surface area contributed by atoms with Crippen molar-refractivity contribution in [3.63, 3.8) is 0 Å². The molecule has 1 atom stereocenters. The van der Waals surface area contributed by atoms with Crippen LogP contribution in [0.3, 0.4) is 0 Å². The molecule has 0 spiro atoms. The van der Waals surface area contributed by atoms with E-state index in [4.69, 9.17) is 9.47 Å². The summed E-state index contributed by atoms with van der Waals surface area (Å²) in [5.41, 5.74) is 2.54. The molecule has 1 fully saturated rings. The smallest absolute Gasteiger partial charge is 0.161 e. The molecule has 0 unspecified atom stereocenters. The maximum atomic E-state index is 6.23. The molecule has 0 saturated heterocycles. The van der Waals surface area contributed by atoms with Crippen molar-refractivity contribution in [1.82, 2.24) is 5.32 Å². The van der Waals surface area contributed by atoms with Gasteiger partial charge in [0.05, 0.1) is 13.2 Å². The van der Waals surface area contributed by atoms with Crippen molar-refractivity contribution in [2.75, 3.05) is 7.11 Å². The van der Waals surface area contributed by atoms with Crippen molar-refractivity contribution < 1.29 is 9.47 Å². The quantitative estimate of drug-likeness (QED) is 0.548. The predicted molar refractivity (Wildman–Crippen MR) is 115 cm³/mol. The largest absolute Gasteiger partial charge is 0.493 e. The van der Waals surface area contributed by atoms with Crippen molar-refractivity contribution in [3.8, 4) is 11.5 Å². The zero-order chi connectivity index (χ0) is 19.3. The van der Waals surface area contributed by atoms with Crippen LogP contribution in [0.5, 0.6) is 11.5 Å². The minimum Gasteiger partial charge on any atom is -0.493 e. The summed E-state index contributed by atoms with van der Waals surface area (Å²) in [7, 11) is 1.71. The SMILES string of the molecule is COc1ccc(CN[C@H](C)c2cccc3ccccc23)cc1OC1CCCC1. The average Bonchev–Trinajstić information content (AvgIpc) is 3.25. The van der Waals surface area contributed by atoms with E-state index in [0.29, 0.717) is 6.10 Å². The summed E-state index contributed by atoms with van der Waals surface area (Å²) >= 11 is 0. The van der Waals surface area contributed by atoms with Gasteiger partial charge in [-0.3, -0.25) is 0 Å². The normalized spacial score (nSPS) is 15.6. The highest BCUT2D eigenvalue weighted by molar-refractivity contribution is 5.86. The zero-order valence-corrected chi connectivity index (χ0v) is 16.8. The molecular weight excluding hydrogens is 346 g/mol. The number of hydrogen-bond acceptors (Lipinski definition) is 3. The highest BCUT2D eigenvalue weighted by Crippen LogP contribution is 2.32. The van der Waals surface area contributed by atoms with Gasteiger partial charge in [0.15, 0.2) is 11.5 Å². The number of rotatable bonds is 7. The standard InChI is InChI=1S/C25H29NO2/c1-18(22-13-7-9-20-8-3-6-12-23(20)22)26-17-19-14-15-24(27-2)25(16-19)28-21-10-4-5-11-21/h3,6-9,12-16,18,21,26H,4-5,10-11,17H2,1-2H3/t18-/m1/s1. The molecule has 4 rings (SSSR count). The number of nitrogens with one attached hydrogen (secondary N) is 1. The first-order valence-electron chi connectivity index (χ1n) is 10.3. The third-order valence-corrected chi connectivity index (χ3v) is 5.73. The Morgan fingerprint density at radius 1 is 0.964 bits per heavy atom. The van der Waals surface area contributed by atoms with Crippen LogP contribution in [0.25, 0.3) is 10.8 Å². The molecule has 3 aromatic rings. The Hall–Kier alpha value is -2.52. The van der Waals surface area contributed by atoms with Crippen LogP contribution in [-0.2, 0) is 6.54 Å². The van der Waals surface area contributed by atoms with Gasteiger partial charge in [-0.1, -0.05) is 48.5 Å². The van der Waals surface area contributed by atoms with Gasteiger partial charge < -0.3 is 14.8 Å². The third-order valence-electron chi connectivity index (χ3n) is 5.73. The molecule has 1 aliphatic rings. The summed E-state index contributed by atoms with van der Waals surface area (Å²) in [6.45, 7) is 3.01. The summed E-state index contributed by atoms with van der Waals surface area (Å²) in [6, 6.07) is 21.6. The molecule has 0 aliphatic heterocycles. The fourth-order valence-corrected chi connectivity index (χ4v) is 4.12. The van der Waals surface area contributed by atoms with Crippen molar-refractivity contribution in [1.29, 1.82) is 0 Å². The molecular formula is C25H29NO2. The molecule has 3 nitrogen and oxygen atoms in total. The Kier molecular flexibility index (Phi) is 5.82. The number of methoxy groups -OCH3 is 1. The molecule has 1 N–H and O–H groups in total. The van der Waals surface area contributed by atoms with E-state index in [9.17, 15) is 0 Å². The van der Waals surface area contributed by atoms with Gasteiger partial charge >= 0.3 is 0 Å². The van der Waals surface area contributed by atoms with Crippen LogP contribution in [0.15, 0.2) is 60.7 Å². The van der Waals surface area contributed by atoms with Gasteiger partial charge in [0.2, 0.25) is 0 Å². The predicted octanol–water partition coefficient (Wildman–Crippen LogP) is 6.02. The molecule has 3 aromatic carbocycles. The van der Waals surface area contributed by atoms with Gasteiger partial charge in [-0.15, -0.1) is 0 Å². The second-order valence-electron chi connectivity index (χ2n) is 7.68. The Morgan fingerprint density at radius 2 is 1.75 bits per heavy atom. The molecule has 146 valence electrons. The van der Waals surface area contributed by atoms with E-state index >= 15 is 0 Å². The van der Waals surface area contributed by atoms with Gasteiger partial charge in [-0.25, -0.2) is 0 Å². The van der Waals surface area contributed by atoms with Crippen molar-refractivity contribution in [3.05, 3.63) is 71.8 Å². The molecule has 1 saturated carbocycles. The van der Waals surface area contributed by atoms with Crippen LogP contribution in [0.4, 0.5) is 0 Å². The van der Waals surface area contributed by atoms with Crippen LogP contribution < -0.4 is 14.8 Å². The molecule has 0 amide bonds. The van der Waals surface area contributed by atoms with Gasteiger partial charge in [-0.05, 0) is 66.6 Å². The first-order valence-corrected chi connectivity index (χ1v) is 10.3. The Balaban J connectivity index is 1.47. The molecule has 28 heavy (non-hydrogen) atoms. The summed E-state index contributed by atoms with van der Waals surface area (Å²) in [5, 5.41) is 6.26. The fourth-order valence-electron chi connectivity index (χ4n) is 4.12. The lowest BCUT2D eigenvalue weighted by Crippen LogP contribution is -2.18. The second-order valence-corrected chi connectivity index (χ2v) is 7.68. The number of hydrogen-bond donors (Lipinski definition) is 1. The summed E-state index contributed by atoms with van der Waals surface area (Å²) < 4.78 is 11.7. The van der Waals surface area contributed by atoms with E-state index in [0.717, 1.165) is 30.9 Å². The van der Waals surface area contributed by atoms with Crippen LogP contribution in [0.1, 0.15) is 49.8 Å². The van der Waals surface area contributed by atoms with Crippen LogP contribution in [0.2, 0.25) is 0 Å². The average molecular weight is 376 g/mol. The van der Waals surface area contributed by atoms with Gasteiger partial charge in [0, 0.05) is 12.6 Å². The lowest BCUT2D eigenvalue weighted by Gasteiger charge is -2.19. The summed E-state index contributed by atoms with van der Waals surface area (Å²) in [4.78, 5) is 0. The first-order chi connectivity index (χ1) is 13.7. The third kappa shape index (κ3) is 4.15. The van der Waals surface area contributed by atoms with E-state index in [1.807, 2.05) is 6.07 Å². The number of fused-ring (bicyclic) bond motifs is 1. The molecule has 3 heteroatoms. The topological polar surface area (TPSA) is 30.5 Å². The summed E-state index contributed by atoms with van der Waals surface area (Å²) in [6.07, 6.45) is 5.13. The van der Waals surface area contributed by atoms with E-state index in [1.165, 1.54) is 34.7 Å². The van der Waals surface area contributed by atoms with Gasteiger partial charge in [0.1, 0.15) is 0 Å².